The zero-order valence-electron chi connectivity index (χ0n) is 11.8. The molecule has 0 fully saturated rings. The number of fused-ring (bicyclic) bond motifs is 1. The fourth-order valence-corrected chi connectivity index (χ4v) is 2.98. The number of anilines is 3. The van der Waals surface area contributed by atoms with E-state index in [2.05, 4.69) is 25.6 Å². The Kier molecular flexibility index (Phi) is 3.55. The highest BCUT2D eigenvalue weighted by molar-refractivity contribution is 7.22. The number of thiazole rings is 1. The van der Waals surface area contributed by atoms with Crippen molar-refractivity contribution < 1.29 is 4.92 Å². The topological polar surface area (TPSA) is 106 Å². The first kappa shape index (κ1) is 14.1. The minimum atomic E-state index is -0.522. The molecule has 0 saturated carbocycles. The van der Waals surface area contributed by atoms with Gasteiger partial charge in [0, 0.05) is 7.05 Å². The van der Waals surface area contributed by atoms with Gasteiger partial charge in [0.1, 0.15) is 6.33 Å². The highest BCUT2D eigenvalue weighted by Gasteiger charge is 2.23. The van der Waals surface area contributed by atoms with E-state index in [1.807, 2.05) is 25.1 Å². The van der Waals surface area contributed by atoms with Crippen LogP contribution < -0.4 is 10.6 Å². The summed E-state index contributed by atoms with van der Waals surface area (Å²) < 4.78 is 1.01. The summed E-state index contributed by atoms with van der Waals surface area (Å²) in [7, 11) is 1.57. The van der Waals surface area contributed by atoms with E-state index >= 15 is 0 Å². The fraction of sp³-hybridized carbons (Fsp3) is 0.154. The largest absolute Gasteiger partial charge is 0.367 e. The highest BCUT2D eigenvalue weighted by atomic mass is 32.1. The quantitative estimate of drug-likeness (QED) is 0.562. The van der Waals surface area contributed by atoms with Crippen LogP contribution >= 0.6 is 11.3 Å². The zero-order chi connectivity index (χ0) is 15.7. The monoisotopic (exact) mass is 316 g/mol. The van der Waals surface area contributed by atoms with E-state index in [9.17, 15) is 10.1 Å². The Labute approximate surface area is 129 Å². The zero-order valence-corrected chi connectivity index (χ0v) is 12.6. The number of aryl methyl sites for hydroxylation is 1. The van der Waals surface area contributed by atoms with Gasteiger partial charge in [-0.1, -0.05) is 17.4 Å². The van der Waals surface area contributed by atoms with Crippen LogP contribution in [0.5, 0.6) is 0 Å². The number of hydrogen-bond donors (Lipinski definition) is 2. The molecule has 22 heavy (non-hydrogen) atoms. The number of rotatable bonds is 4. The Bertz CT molecular complexity index is 863. The lowest BCUT2D eigenvalue weighted by atomic mass is 10.2. The van der Waals surface area contributed by atoms with Crippen molar-refractivity contribution in [2.24, 2.45) is 0 Å². The first-order valence-corrected chi connectivity index (χ1v) is 7.21. The first-order chi connectivity index (χ1) is 10.6. The van der Waals surface area contributed by atoms with Crippen LogP contribution in [-0.4, -0.2) is 26.9 Å². The third-order valence-electron chi connectivity index (χ3n) is 3.01. The molecule has 0 aliphatic rings. The molecule has 0 bridgehead atoms. The summed E-state index contributed by atoms with van der Waals surface area (Å²) in [6, 6.07) is 5.91. The molecule has 9 heteroatoms. The van der Waals surface area contributed by atoms with E-state index in [0.717, 1.165) is 15.8 Å². The Balaban J connectivity index is 2.03. The predicted molar refractivity (Wildman–Crippen MR) is 85.9 cm³/mol. The van der Waals surface area contributed by atoms with Gasteiger partial charge in [-0.05, 0) is 24.6 Å². The third-order valence-corrected chi connectivity index (χ3v) is 3.94. The fourth-order valence-electron chi connectivity index (χ4n) is 2.01. The lowest BCUT2D eigenvalue weighted by Crippen LogP contribution is -2.05. The number of hydrogen-bond acceptors (Lipinski definition) is 8. The van der Waals surface area contributed by atoms with Gasteiger partial charge < -0.3 is 10.6 Å². The van der Waals surface area contributed by atoms with Crippen molar-refractivity contribution in [2.45, 2.75) is 6.92 Å². The minimum absolute atomic E-state index is 0.111. The van der Waals surface area contributed by atoms with Gasteiger partial charge in [0.15, 0.2) is 5.13 Å². The van der Waals surface area contributed by atoms with Crippen LogP contribution in [0.4, 0.5) is 22.5 Å². The van der Waals surface area contributed by atoms with Gasteiger partial charge in [-0.15, -0.1) is 0 Å². The molecule has 0 unspecified atom stereocenters. The van der Waals surface area contributed by atoms with Gasteiger partial charge in [-0.2, -0.15) is 0 Å². The Hall–Kier alpha value is -2.81. The molecule has 0 spiro atoms. The molecule has 112 valence electrons. The molecule has 0 aliphatic heterocycles. The van der Waals surface area contributed by atoms with Crippen molar-refractivity contribution >= 4 is 44.0 Å². The molecular weight excluding hydrogens is 304 g/mol. The number of aromatic nitrogens is 3. The van der Waals surface area contributed by atoms with Crippen molar-refractivity contribution in [3.05, 3.63) is 40.2 Å². The van der Waals surface area contributed by atoms with Crippen LogP contribution in [0.2, 0.25) is 0 Å². The second-order valence-corrected chi connectivity index (χ2v) is 5.57. The molecule has 0 aliphatic carbocycles. The Morgan fingerprint density at radius 3 is 2.77 bits per heavy atom. The van der Waals surface area contributed by atoms with Crippen molar-refractivity contribution in [1.29, 1.82) is 0 Å². The maximum atomic E-state index is 11.2. The van der Waals surface area contributed by atoms with Crippen molar-refractivity contribution in [1.82, 2.24) is 15.0 Å². The lowest BCUT2D eigenvalue weighted by Gasteiger charge is -2.05. The third kappa shape index (κ3) is 2.53. The summed E-state index contributed by atoms with van der Waals surface area (Å²) in [5.41, 5.74) is 1.76. The van der Waals surface area contributed by atoms with Gasteiger partial charge in [0.25, 0.3) is 0 Å². The molecule has 0 saturated heterocycles. The normalized spacial score (nSPS) is 10.6. The van der Waals surface area contributed by atoms with Crippen molar-refractivity contribution in [3.63, 3.8) is 0 Å². The van der Waals surface area contributed by atoms with Crippen LogP contribution in [0.1, 0.15) is 5.56 Å². The van der Waals surface area contributed by atoms with Crippen molar-refractivity contribution in [2.75, 3.05) is 17.7 Å². The summed E-state index contributed by atoms with van der Waals surface area (Å²) in [5.74, 6) is 0.264. The standard InChI is InChI=1S/C13H12N6O2S/c1-7-3-4-8-9(5-7)22-13(17-8)18-12-10(19(20)21)11(14-2)15-6-16-12/h3-6H,1-2H3,(H2,14,15,16,17,18). The molecule has 0 amide bonds. The first-order valence-electron chi connectivity index (χ1n) is 6.40. The summed E-state index contributed by atoms with van der Waals surface area (Å²) in [6.45, 7) is 2.00. The predicted octanol–water partition coefficient (Wildman–Crippen LogP) is 3.09. The number of nitrogens with one attached hydrogen (secondary N) is 2. The molecule has 2 heterocycles. The van der Waals surface area contributed by atoms with Gasteiger partial charge >= 0.3 is 5.69 Å². The molecule has 1 aromatic carbocycles. The van der Waals surface area contributed by atoms with Gasteiger partial charge in [-0.3, -0.25) is 10.1 Å². The Morgan fingerprint density at radius 1 is 1.27 bits per heavy atom. The van der Waals surface area contributed by atoms with Crippen LogP contribution in [0, 0.1) is 17.0 Å². The minimum Gasteiger partial charge on any atom is -0.367 e. The SMILES string of the molecule is CNc1ncnc(Nc2nc3ccc(C)cc3s2)c1[N+](=O)[O-]. The summed E-state index contributed by atoms with van der Waals surface area (Å²) in [6.07, 6.45) is 1.26. The molecule has 0 radical (unpaired) electrons. The highest BCUT2D eigenvalue weighted by Crippen LogP contribution is 2.33. The molecule has 2 aromatic heterocycles. The van der Waals surface area contributed by atoms with Gasteiger partial charge in [-0.25, -0.2) is 15.0 Å². The van der Waals surface area contributed by atoms with Crippen molar-refractivity contribution in [3.8, 4) is 0 Å². The molecule has 3 rings (SSSR count). The smallest absolute Gasteiger partial charge is 0.353 e. The Morgan fingerprint density at radius 2 is 2.05 bits per heavy atom. The molecular formula is C13H12N6O2S. The van der Waals surface area contributed by atoms with Gasteiger partial charge in [0.2, 0.25) is 11.6 Å². The van der Waals surface area contributed by atoms with Crippen LogP contribution in [0.3, 0.4) is 0 Å². The molecule has 2 N–H and O–H groups in total. The number of nitro groups is 1. The van der Waals surface area contributed by atoms with E-state index < -0.39 is 4.92 Å². The van der Waals surface area contributed by atoms with E-state index in [4.69, 9.17) is 0 Å². The van der Waals surface area contributed by atoms with E-state index in [1.165, 1.54) is 17.7 Å². The maximum absolute atomic E-state index is 11.2. The molecule has 3 aromatic rings. The summed E-state index contributed by atoms with van der Waals surface area (Å²) >= 11 is 1.41. The number of nitrogens with zero attached hydrogens (tertiary/aromatic N) is 4. The van der Waals surface area contributed by atoms with Crippen LogP contribution in [0.25, 0.3) is 10.2 Å². The maximum Gasteiger partial charge on any atom is 0.353 e. The van der Waals surface area contributed by atoms with E-state index in [0.29, 0.717) is 5.13 Å². The average Bonchev–Trinajstić information content (AvgIpc) is 2.87. The molecule has 8 nitrogen and oxygen atoms in total. The van der Waals surface area contributed by atoms with E-state index in [1.54, 1.807) is 7.05 Å². The van der Waals surface area contributed by atoms with Gasteiger partial charge in [0.05, 0.1) is 15.1 Å². The summed E-state index contributed by atoms with van der Waals surface area (Å²) in [5, 5.41) is 17.4. The second-order valence-electron chi connectivity index (χ2n) is 4.54. The second kappa shape index (κ2) is 5.53. The molecule has 0 atom stereocenters. The van der Waals surface area contributed by atoms with Crippen LogP contribution in [0.15, 0.2) is 24.5 Å². The summed E-state index contributed by atoms with van der Waals surface area (Å²) in [4.78, 5) is 22.9. The number of benzene rings is 1. The lowest BCUT2D eigenvalue weighted by molar-refractivity contribution is -0.383. The average molecular weight is 316 g/mol. The van der Waals surface area contributed by atoms with E-state index in [-0.39, 0.29) is 17.3 Å². The van der Waals surface area contributed by atoms with Crippen LogP contribution in [-0.2, 0) is 0 Å².